The molecule has 7 heteroatoms. The number of carboxylic acids is 1. The van der Waals surface area contributed by atoms with E-state index in [0.29, 0.717) is 0 Å². The van der Waals surface area contributed by atoms with Crippen LogP contribution in [-0.2, 0) is 4.79 Å². The predicted octanol–water partition coefficient (Wildman–Crippen LogP) is 0.300. The second kappa shape index (κ2) is 5.11. The number of aromatic nitrogens is 1. The van der Waals surface area contributed by atoms with Crippen molar-refractivity contribution < 1.29 is 19.8 Å². The van der Waals surface area contributed by atoms with Gasteiger partial charge in [0.1, 0.15) is 5.15 Å². The lowest BCUT2D eigenvalue weighted by Crippen LogP contribution is -2.46. The Morgan fingerprint density at radius 2 is 2.18 bits per heavy atom. The van der Waals surface area contributed by atoms with Crippen molar-refractivity contribution in [3.05, 3.63) is 29.0 Å². The molecule has 1 aromatic rings. The molecule has 0 aliphatic carbocycles. The number of aliphatic carboxylic acids is 1. The summed E-state index contributed by atoms with van der Waals surface area (Å²) in [5.74, 6) is -1.94. The van der Waals surface area contributed by atoms with Gasteiger partial charge in [-0.3, -0.25) is 4.79 Å². The number of aliphatic hydroxyl groups is 1. The second-order valence-corrected chi connectivity index (χ2v) is 4.02. The van der Waals surface area contributed by atoms with Crippen molar-refractivity contribution >= 4 is 23.5 Å². The van der Waals surface area contributed by atoms with Crippen LogP contribution >= 0.6 is 11.6 Å². The van der Waals surface area contributed by atoms with Crippen LogP contribution in [0.15, 0.2) is 18.3 Å². The molecule has 0 bridgehead atoms. The van der Waals surface area contributed by atoms with Gasteiger partial charge in [0.05, 0.1) is 12.1 Å². The van der Waals surface area contributed by atoms with Crippen molar-refractivity contribution in [3.8, 4) is 0 Å². The van der Waals surface area contributed by atoms with E-state index < -0.39 is 24.0 Å². The zero-order chi connectivity index (χ0) is 13.1. The molecule has 1 heterocycles. The van der Waals surface area contributed by atoms with Crippen LogP contribution in [-0.4, -0.2) is 39.2 Å². The van der Waals surface area contributed by atoms with E-state index in [9.17, 15) is 14.7 Å². The average Bonchev–Trinajstić information content (AvgIpc) is 2.27. The van der Waals surface area contributed by atoms with Gasteiger partial charge in [0, 0.05) is 6.20 Å². The minimum absolute atomic E-state index is 0.232. The molecule has 0 saturated carbocycles. The molecule has 1 rings (SSSR count). The first kappa shape index (κ1) is 13.4. The number of carboxylic acid groups (broad SMARTS) is 1. The number of nitrogens with one attached hydrogen (secondary N) is 1. The Morgan fingerprint density at radius 1 is 1.53 bits per heavy atom. The largest absolute Gasteiger partial charge is 0.479 e. The summed E-state index contributed by atoms with van der Waals surface area (Å²) in [6, 6.07) is 2.88. The molecule has 0 radical (unpaired) electrons. The number of carbonyl (C=O) groups is 2. The third-order valence-corrected chi connectivity index (χ3v) is 2.27. The SMILES string of the molecule is CC(O)(CNC(=O)c1ccc(Cl)nc1)C(=O)O. The summed E-state index contributed by atoms with van der Waals surface area (Å²) in [6.45, 7) is 0.694. The summed E-state index contributed by atoms with van der Waals surface area (Å²) in [4.78, 5) is 25.8. The molecule has 0 aliphatic heterocycles. The summed E-state index contributed by atoms with van der Waals surface area (Å²) >= 11 is 5.55. The van der Waals surface area contributed by atoms with E-state index in [1.807, 2.05) is 0 Å². The molecule has 0 aliphatic rings. The molecule has 6 nitrogen and oxygen atoms in total. The Hall–Kier alpha value is -1.66. The first-order chi connectivity index (χ1) is 7.83. The fraction of sp³-hybridized carbons (Fsp3) is 0.300. The molecule has 1 atom stereocenters. The summed E-state index contributed by atoms with van der Waals surface area (Å²) in [7, 11) is 0. The van der Waals surface area contributed by atoms with Crippen LogP contribution in [0.25, 0.3) is 0 Å². The lowest BCUT2D eigenvalue weighted by atomic mass is 10.1. The van der Waals surface area contributed by atoms with Crippen LogP contribution < -0.4 is 5.32 Å². The van der Waals surface area contributed by atoms with Crippen molar-refractivity contribution in [3.63, 3.8) is 0 Å². The van der Waals surface area contributed by atoms with Crippen LogP contribution in [0.4, 0.5) is 0 Å². The summed E-state index contributed by atoms with van der Waals surface area (Å²) in [5, 5.41) is 20.5. The Bertz CT molecular complexity index is 430. The fourth-order valence-corrected chi connectivity index (χ4v) is 1.05. The maximum absolute atomic E-state index is 11.5. The van der Waals surface area contributed by atoms with E-state index in [4.69, 9.17) is 16.7 Å². The number of nitrogens with zero attached hydrogens (tertiary/aromatic N) is 1. The molecule has 0 aromatic carbocycles. The van der Waals surface area contributed by atoms with Gasteiger partial charge in [-0.1, -0.05) is 11.6 Å². The minimum atomic E-state index is -2.00. The van der Waals surface area contributed by atoms with Gasteiger partial charge < -0.3 is 15.5 Å². The van der Waals surface area contributed by atoms with Crippen molar-refractivity contribution in [2.75, 3.05) is 6.54 Å². The summed E-state index contributed by atoms with van der Waals surface area (Å²) in [5.41, 5.74) is -1.77. The van der Waals surface area contributed by atoms with Gasteiger partial charge in [0.25, 0.3) is 5.91 Å². The summed E-state index contributed by atoms with van der Waals surface area (Å²) < 4.78 is 0. The monoisotopic (exact) mass is 258 g/mol. The zero-order valence-corrected chi connectivity index (χ0v) is 9.73. The molecular weight excluding hydrogens is 248 g/mol. The fourth-order valence-electron chi connectivity index (χ4n) is 0.940. The molecule has 1 unspecified atom stereocenters. The highest BCUT2D eigenvalue weighted by Crippen LogP contribution is 2.06. The van der Waals surface area contributed by atoms with Crippen LogP contribution in [0.1, 0.15) is 17.3 Å². The van der Waals surface area contributed by atoms with Gasteiger partial charge in [-0.2, -0.15) is 0 Å². The molecule has 1 amide bonds. The van der Waals surface area contributed by atoms with Gasteiger partial charge >= 0.3 is 5.97 Å². The number of rotatable bonds is 4. The molecule has 17 heavy (non-hydrogen) atoms. The maximum atomic E-state index is 11.5. The number of carbonyl (C=O) groups excluding carboxylic acids is 1. The van der Waals surface area contributed by atoms with E-state index in [-0.39, 0.29) is 10.7 Å². The van der Waals surface area contributed by atoms with E-state index in [0.717, 1.165) is 6.92 Å². The molecule has 0 fully saturated rings. The predicted molar refractivity (Wildman–Crippen MR) is 59.8 cm³/mol. The Balaban J connectivity index is 2.62. The highest BCUT2D eigenvalue weighted by molar-refractivity contribution is 6.29. The van der Waals surface area contributed by atoms with Gasteiger partial charge in [0.15, 0.2) is 5.60 Å². The van der Waals surface area contributed by atoms with Crippen molar-refractivity contribution in [1.82, 2.24) is 10.3 Å². The summed E-state index contributed by atoms with van der Waals surface area (Å²) in [6.07, 6.45) is 1.26. The lowest BCUT2D eigenvalue weighted by Gasteiger charge is -2.18. The minimum Gasteiger partial charge on any atom is -0.479 e. The Morgan fingerprint density at radius 3 is 2.65 bits per heavy atom. The van der Waals surface area contributed by atoms with Crippen LogP contribution in [0.5, 0.6) is 0 Å². The first-order valence-corrected chi connectivity index (χ1v) is 5.06. The van der Waals surface area contributed by atoms with Crippen LogP contribution in [0.2, 0.25) is 5.15 Å². The quantitative estimate of drug-likeness (QED) is 0.675. The van der Waals surface area contributed by atoms with Gasteiger partial charge in [-0.05, 0) is 19.1 Å². The van der Waals surface area contributed by atoms with Crippen LogP contribution in [0.3, 0.4) is 0 Å². The van der Waals surface area contributed by atoms with Crippen molar-refractivity contribution in [1.29, 1.82) is 0 Å². The van der Waals surface area contributed by atoms with Gasteiger partial charge in [-0.15, -0.1) is 0 Å². The first-order valence-electron chi connectivity index (χ1n) is 4.68. The smallest absolute Gasteiger partial charge is 0.337 e. The second-order valence-electron chi connectivity index (χ2n) is 3.63. The third-order valence-electron chi connectivity index (χ3n) is 2.04. The van der Waals surface area contributed by atoms with E-state index in [1.165, 1.54) is 18.3 Å². The molecule has 92 valence electrons. The number of pyridine rings is 1. The lowest BCUT2D eigenvalue weighted by molar-refractivity contribution is -0.155. The molecule has 0 saturated heterocycles. The number of halogens is 1. The number of hydrogen-bond acceptors (Lipinski definition) is 4. The van der Waals surface area contributed by atoms with Gasteiger partial charge in [-0.25, -0.2) is 9.78 Å². The maximum Gasteiger partial charge on any atom is 0.337 e. The standard InChI is InChI=1S/C10H11ClN2O4/c1-10(17,9(15)16)5-13-8(14)6-2-3-7(11)12-4-6/h2-4,17H,5H2,1H3,(H,13,14)(H,15,16). The highest BCUT2D eigenvalue weighted by atomic mass is 35.5. The van der Waals surface area contributed by atoms with Gasteiger partial charge in [0.2, 0.25) is 0 Å². The van der Waals surface area contributed by atoms with Crippen molar-refractivity contribution in [2.45, 2.75) is 12.5 Å². The topological polar surface area (TPSA) is 99.5 Å². The molecular formula is C10H11ClN2O4. The molecule has 0 spiro atoms. The highest BCUT2D eigenvalue weighted by Gasteiger charge is 2.30. The molecule has 3 N–H and O–H groups in total. The van der Waals surface area contributed by atoms with Crippen molar-refractivity contribution in [2.24, 2.45) is 0 Å². The normalized spacial score (nSPS) is 13.8. The van der Waals surface area contributed by atoms with E-state index in [2.05, 4.69) is 10.3 Å². The van der Waals surface area contributed by atoms with E-state index >= 15 is 0 Å². The molecule has 1 aromatic heterocycles. The zero-order valence-electron chi connectivity index (χ0n) is 8.98. The Kier molecular flexibility index (Phi) is 4.03. The Labute approximate surface area is 102 Å². The third kappa shape index (κ3) is 3.69. The average molecular weight is 259 g/mol. The van der Waals surface area contributed by atoms with E-state index in [1.54, 1.807) is 0 Å². The van der Waals surface area contributed by atoms with Crippen LogP contribution in [0, 0.1) is 0 Å². The number of amides is 1. The number of hydrogen-bond donors (Lipinski definition) is 3.